The van der Waals surface area contributed by atoms with Crippen molar-refractivity contribution in [2.45, 2.75) is 64.9 Å². The molecule has 1 saturated carbocycles. The number of hydrogen-bond donors (Lipinski definition) is 2. The van der Waals surface area contributed by atoms with Gasteiger partial charge in [-0.15, -0.1) is 24.0 Å². The number of likely N-dealkylation sites (tertiary alicyclic amines) is 1. The van der Waals surface area contributed by atoms with E-state index in [1.165, 1.54) is 12.8 Å². The number of nitrogens with zero attached hydrogens (tertiary/aromatic N) is 2. The van der Waals surface area contributed by atoms with Crippen LogP contribution in [0, 0.1) is 5.41 Å². The molecule has 2 rings (SSSR count). The second-order valence-electron chi connectivity index (χ2n) is 7.29. The molecule has 2 fully saturated rings. The lowest BCUT2D eigenvalue weighted by Crippen LogP contribution is -2.43. The van der Waals surface area contributed by atoms with Gasteiger partial charge in [0.1, 0.15) is 0 Å². The Hall–Kier alpha value is -0.0400. The van der Waals surface area contributed by atoms with Gasteiger partial charge < -0.3 is 15.3 Å². The second-order valence-corrected chi connectivity index (χ2v) is 7.29. The molecule has 21 heavy (non-hydrogen) atoms. The Morgan fingerprint density at radius 3 is 2.38 bits per heavy atom. The van der Waals surface area contributed by atoms with E-state index in [1.54, 1.807) is 0 Å². The van der Waals surface area contributed by atoms with Crippen LogP contribution < -0.4 is 5.32 Å². The molecule has 0 bridgehead atoms. The van der Waals surface area contributed by atoms with Crippen molar-refractivity contribution >= 4 is 29.9 Å². The molecule has 0 amide bonds. The minimum atomic E-state index is -0.561. The maximum Gasteiger partial charge on any atom is 0.194 e. The number of hydrogen-bond acceptors (Lipinski definition) is 2. The molecule has 124 valence electrons. The highest BCUT2D eigenvalue weighted by atomic mass is 127. The molecular weight excluding hydrogens is 377 g/mol. The lowest BCUT2D eigenvalue weighted by molar-refractivity contribution is 0.0130. The predicted octanol–water partition coefficient (Wildman–Crippen LogP) is 3.00. The number of guanidine groups is 1. The van der Waals surface area contributed by atoms with E-state index < -0.39 is 5.60 Å². The zero-order chi connectivity index (χ0) is 14.6. The average molecular weight is 409 g/mol. The van der Waals surface area contributed by atoms with Gasteiger partial charge in [0.2, 0.25) is 0 Å². The first kappa shape index (κ1) is 19.0. The van der Waals surface area contributed by atoms with Crippen LogP contribution in [0.2, 0.25) is 0 Å². The Kier molecular flexibility index (Phi) is 7.24. The molecule has 1 aliphatic heterocycles. The molecule has 4 nitrogen and oxygen atoms in total. The molecule has 0 aromatic carbocycles. The van der Waals surface area contributed by atoms with E-state index in [2.05, 4.69) is 31.0 Å². The molecule has 1 aliphatic carbocycles. The predicted molar refractivity (Wildman–Crippen MR) is 99.4 cm³/mol. The summed E-state index contributed by atoms with van der Waals surface area (Å²) in [6, 6.07) is 0. The summed E-state index contributed by atoms with van der Waals surface area (Å²) in [6.45, 7) is 10.3. The summed E-state index contributed by atoms with van der Waals surface area (Å²) in [6.07, 6.45) is 6.55. The molecule has 0 spiro atoms. The van der Waals surface area contributed by atoms with Crippen LogP contribution in [0.25, 0.3) is 0 Å². The number of nitrogens with one attached hydrogen (secondary N) is 1. The third kappa shape index (κ3) is 5.58. The minimum absolute atomic E-state index is 0. The zero-order valence-corrected chi connectivity index (χ0v) is 16.2. The van der Waals surface area contributed by atoms with Gasteiger partial charge >= 0.3 is 0 Å². The van der Waals surface area contributed by atoms with Crippen LogP contribution in [-0.4, -0.2) is 47.7 Å². The molecule has 1 saturated heterocycles. The van der Waals surface area contributed by atoms with Crippen molar-refractivity contribution in [3.05, 3.63) is 0 Å². The summed E-state index contributed by atoms with van der Waals surface area (Å²) in [4.78, 5) is 7.08. The smallest absolute Gasteiger partial charge is 0.194 e. The van der Waals surface area contributed by atoms with E-state index in [4.69, 9.17) is 4.99 Å². The molecule has 0 radical (unpaired) electrons. The maximum absolute atomic E-state index is 10.6. The van der Waals surface area contributed by atoms with Crippen LogP contribution in [-0.2, 0) is 0 Å². The standard InChI is InChI=1S/C16H31N3O.HI/c1-4-17-14(19-11-10-15(2,3)13-19)18-12-16(20)8-6-5-7-9-16;/h20H,4-13H2,1-3H3,(H,17,18);1H. The van der Waals surface area contributed by atoms with Gasteiger partial charge in [-0.3, -0.25) is 4.99 Å². The summed E-state index contributed by atoms with van der Waals surface area (Å²) < 4.78 is 0. The highest BCUT2D eigenvalue weighted by Crippen LogP contribution is 2.30. The Morgan fingerprint density at radius 1 is 1.19 bits per heavy atom. The third-order valence-electron chi connectivity index (χ3n) is 4.62. The Morgan fingerprint density at radius 2 is 1.86 bits per heavy atom. The maximum atomic E-state index is 10.6. The summed E-state index contributed by atoms with van der Waals surface area (Å²) in [5.74, 6) is 0.983. The van der Waals surface area contributed by atoms with Crippen molar-refractivity contribution in [2.24, 2.45) is 10.4 Å². The van der Waals surface area contributed by atoms with Crippen LogP contribution >= 0.6 is 24.0 Å². The van der Waals surface area contributed by atoms with Crippen LogP contribution in [0.15, 0.2) is 4.99 Å². The van der Waals surface area contributed by atoms with Crippen molar-refractivity contribution in [1.29, 1.82) is 0 Å². The van der Waals surface area contributed by atoms with Gasteiger partial charge in [-0.1, -0.05) is 33.1 Å². The normalized spacial score (nSPS) is 24.6. The van der Waals surface area contributed by atoms with Crippen molar-refractivity contribution in [1.82, 2.24) is 10.2 Å². The summed E-state index contributed by atoms with van der Waals surface area (Å²) in [7, 11) is 0. The number of aliphatic imine (C=N–C) groups is 1. The van der Waals surface area contributed by atoms with Gasteiger partial charge in [0, 0.05) is 19.6 Å². The van der Waals surface area contributed by atoms with Gasteiger partial charge in [0.25, 0.3) is 0 Å². The van der Waals surface area contributed by atoms with E-state index in [-0.39, 0.29) is 24.0 Å². The fraction of sp³-hybridized carbons (Fsp3) is 0.938. The lowest BCUT2D eigenvalue weighted by Gasteiger charge is -2.31. The molecule has 0 atom stereocenters. The van der Waals surface area contributed by atoms with Crippen molar-refractivity contribution < 1.29 is 5.11 Å². The fourth-order valence-corrected chi connectivity index (χ4v) is 3.31. The fourth-order valence-electron chi connectivity index (χ4n) is 3.31. The molecule has 0 aromatic rings. The van der Waals surface area contributed by atoms with Gasteiger partial charge in [0.05, 0.1) is 12.1 Å². The highest BCUT2D eigenvalue weighted by molar-refractivity contribution is 14.0. The van der Waals surface area contributed by atoms with E-state index in [0.29, 0.717) is 12.0 Å². The topological polar surface area (TPSA) is 47.9 Å². The quantitative estimate of drug-likeness (QED) is 0.428. The summed E-state index contributed by atoms with van der Waals surface area (Å²) in [5, 5.41) is 14.0. The molecule has 0 unspecified atom stereocenters. The molecular formula is C16H32IN3O. The molecule has 1 heterocycles. The largest absolute Gasteiger partial charge is 0.388 e. The number of aliphatic hydroxyl groups is 1. The van der Waals surface area contributed by atoms with Crippen LogP contribution in [0.5, 0.6) is 0 Å². The van der Waals surface area contributed by atoms with E-state index >= 15 is 0 Å². The van der Waals surface area contributed by atoms with E-state index in [1.807, 2.05) is 0 Å². The zero-order valence-electron chi connectivity index (χ0n) is 13.8. The van der Waals surface area contributed by atoms with Gasteiger partial charge in [0.15, 0.2) is 5.96 Å². The van der Waals surface area contributed by atoms with Crippen LogP contribution in [0.4, 0.5) is 0 Å². The monoisotopic (exact) mass is 409 g/mol. The van der Waals surface area contributed by atoms with Crippen molar-refractivity contribution in [3.8, 4) is 0 Å². The van der Waals surface area contributed by atoms with Crippen molar-refractivity contribution in [3.63, 3.8) is 0 Å². The Balaban J connectivity index is 0.00000220. The molecule has 2 aliphatic rings. The first-order valence-electron chi connectivity index (χ1n) is 8.20. The van der Waals surface area contributed by atoms with Crippen LogP contribution in [0.1, 0.15) is 59.3 Å². The highest BCUT2D eigenvalue weighted by Gasteiger charge is 2.32. The second kappa shape index (κ2) is 7.99. The summed E-state index contributed by atoms with van der Waals surface area (Å²) in [5.41, 5.74) is -0.188. The van der Waals surface area contributed by atoms with Gasteiger partial charge in [-0.25, -0.2) is 0 Å². The Labute approximate surface area is 146 Å². The average Bonchev–Trinajstić information content (AvgIpc) is 2.76. The molecule has 5 heteroatoms. The molecule has 2 N–H and O–H groups in total. The first-order chi connectivity index (χ1) is 9.44. The minimum Gasteiger partial charge on any atom is -0.388 e. The Bertz CT molecular complexity index is 351. The summed E-state index contributed by atoms with van der Waals surface area (Å²) >= 11 is 0. The number of rotatable bonds is 3. The SMILES string of the molecule is CCNC(=NCC1(O)CCCCC1)N1CCC(C)(C)C1.I. The van der Waals surface area contributed by atoms with Crippen LogP contribution in [0.3, 0.4) is 0 Å². The van der Waals surface area contributed by atoms with Gasteiger partial charge in [-0.05, 0) is 31.6 Å². The lowest BCUT2D eigenvalue weighted by atomic mass is 9.85. The van der Waals surface area contributed by atoms with E-state index in [0.717, 1.165) is 51.3 Å². The number of halogens is 1. The van der Waals surface area contributed by atoms with Crippen molar-refractivity contribution in [2.75, 3.05) is 26.2 Å². The van der Waals surface area contributed by atoms with E-state index in [9.17, 15) is 5.11 Å². The first-order valence-corrected chi connectivity index (χ1v) is 8.20. The van der Waals surface area contributed by atoms with Gasteiger partial charge in [-0.2, -0.15) is 0 Å². The molecule has 0 aromatic heterocycles. The third-order valence-corrected chi connectivity index (χ3v) is 4.62.